The van der Waals surface area contributed by atoms with Crippen LogP contribution in [0.4, 0.5) is 0 Å². The monoisotopic (exact) mass is 390 g/mol. The summed E-state index contributed by atoms with van der Waals surface area (Å²) >= 11 is 1.46. The van der Waals surface area contributed by atoms with E-state index >= 15 is 0 Å². The highest BCUT2D eigenvalue weighted by Crippen LogP contribution is 2.26. The summed E-state index contributed by atoms with van der Waals surface area (Å²) in [4.78, 5) is 25.0. The maximum atomic E-state index is 12.4. The van der Waals surface area contributed by atoms with Crippen LogP contribution in [0.3, 0.4) is 0 Å². The van der Waals surface area contributed by atoms with Crippen LogP contribution < -0.4 is 5.32 Å². The predicted octanol–water partition coefficient (Wildman–Crippen LogP) is 2.73. The molecule has 0 aliphatic carbocycles. The first-order valence-electron chi connectivity index (χ1n) is 8.81. The number of hydrogen-bond donors (Lipinski definition) is 1. The van der Waals surface area contributed by atoms with Crippen LogP contribution in [-0.2, 0) is 20.0 Å². The Hall–Kier alpha value is -2.32. The Morgan fingerprint density at radius 2 is 2.22 bits per heavy atom. The second-order valence-corrected chi connectivity index (χ2v) is 7.25. The van der Waals surface area contributed by atoms with Gasteiger partial charge >= 0.3 is 5.97 Å². The summed E-state index contributed by atoms with van der Waals surface area (Å²) in [6.45, 7) is 2.70. The summed E-state index contributed by atoms with van der Waals surface area (Å²) in [5, 5.41) is 6.67. The summed E-state index contributed by atoms with van der Waals surface area (Å²) in [6.07, 6.45) is 2.01. The van der Waals surface area contributed by atoms with Crippen LogP contribution in [0.1, 0.15) is 34.7 Å². The third-order valence-corrected chi connectivity index (χ3v) is 5.15. The van der Waals surface area contributed by atoms with E-state index in [1.54, 1.807) is 12.1 Å². The van der Waals surface area contributed by atoms with Crippen molar-refractivity contribution >= 4 is 23.6 Å². The Morgan fingerprint density at radius 3 is 2.96 bits per heavy atom. The van der Waals surface area contributed by atoms with Crippen molar-refractivity contribution in [3.05, 3.63) is 47.3 Å². The molecule has 144 valence electrons. The lowest BCUT2D eigenvalue weighted by Crippen LogP contribution is -2.34. The number of nitrogens with one attached hydrogen (secondary N) is 1. The molecule has 3 rings (SSSR count). The predicted molar refractivity (Wildman–Crippen MR) is 99.5 cm³/mol. The molecule has 1 amide bonds. The summed E-state index contributed by atoms with van der Waals surface area (Å²) in [7, 11) is 0. The van der Waals surface area contributed by atoms with E-state index in [2.05, 4.69) is 10.5 Å². The standard InChI is InChI=1S/C19H22N2O5S/c1-13-9-14(21-26-13)12-27-17-7-3-2-6-16(17)19(23)25-11-18(22)20-10-15-5-4-8-24-15/h2-3,6-7,9,15H,4-5,8,10-12H2,1H3,(H,20,22)/t15-/m0/s1. The smallest absolute Gasteiger partial charge is 0.339 e. The molecule has 0 unspecified atom stereocenters. The molecule has 1 saturated heterocycles. The molecule has 1 aliphatic rings. The maximum absolute atomic E-state index is 12.4. The number of benzene rings is 1. The van der Waals surface area contributed by atoms with E-state index in [0.29, 0.717) is 17.9 Å². The first-order chi connectivity index (χ1) is 13.1. The first kappa shape index (κ1) is 19.4. The number of carbonyl (C=O) groups excluding carboxylic acids is 2. The lowest BCUT2D eigenvalue weighted by molar-refractivity contribution is -0.124. The molecule has 1 fully saturated rings. The number of amides is 1. The van der Waals surface area contributed by atoms with Crippen molar-refractivity contribution in [2.45, 2.75) is 36.5 Å². The molecule has 2 aromatic rings. The van der Waals surface area contributed by atoms with Gasteiger partial charge in [0.05, 0.1) is 17.4 Å². The van der Waals surface area contributed by atoms with Crippen molar-refractivity contribution in [1.82, 2.24) is 10.5 Å². The van der Waals surface area contributed by atoms with E-state index in [-0.39, 0.29) is 18.6 Å². The zero-order chi connectivity index (χ0) is 19.1. The van der Waals surface area contributed by atoms with Crippen molar-refractivity contribution in [1.29, 1.82) is 0 Å². The van der Waals surface area contributed by atoms with Gasteiger partial charge in [0.15, 0.2) is 6.61 Å². The van der Waals surface area contributed by atoms with Crippen molar-refractivity contribution in [3.8, 4) is 0 Å². The largest absolute Gasteiger partial charge is 0.452 e. The Labute approximate surface area is 161 Å². The Balaban J connectivity index is 1.49. The van der Waals surface area contributed by atoms with Gasteiger partial charge in [-0.1, -0.05) is 17.3 Å². The molecule has 0 radical (unpaired) electrons. The van der Waals surface area contributed by atoms with E-state index in [0.717, 1.165) is 35.8 Å². The van der Waals surface area contributed by atoms with Crippen molar-refractivity contribution < 1.29 is 23.6 Å². The molecule has 0 bridgehead atoms. The van der Waals surface area contributed by atoms with Gasteiger partial charge in [0.1, 0.15) is 5.76 Å². The molecular weight excluding hydrogens is 368 g/mol. The second-order valence-electron chi connectivity index (χ2n) is 6.23. The van der Waals surface area contributed by atoms with Gasteiger partial charge in [0.2, 0.25) is 0 Å². The number of ether oxygens (including phenoxy) is 2. The molecule has 7 nitrogen and oxygen atoms in total. The van der Waals surface area contributed by atoms with Crippen LogP contribution >= 0.6 is 11.8 Å². The number of nitrogens with zero attached hydrogens (tertiary/aromatic N) is 1. The lowest BCUT2D eigenvalue weighted by Gasteiger charge is -2.11. The molecule has 1 aromatic carbocycles. The highest BCUT2D eigenvalue weighted by atomic mass is 32.2. The molecule has 0 saturated carbocycles. The van der Waals surface area contributed by atoms with Gasteiger partial charge < -0.3 is 19.3 Å². The fourth-order valence-electron chi connectivity index (χ4n) is 2.69. The van der Waals surface area contributed by atoms with Crippen LogP contribution in [0.5, 0.6) is 0 Å². The van der Waals surface area contributed by atoms with Gasteiger partial charge in [-0.15, -0.1) is 11.8 Å². The van der Waals surface area contributed by atoms with Crippen LogP contribution in [0.15, 0.2) is 39.8 Å². The van der Waals surface area contributed by atoms with Gasteiger partial charge in [-0.2, -0.15) is 0 Å². The SMILES string of the molecule is Cc1cc(CSc2ccccc2C(=O)OCC(=O)NC[C@@H]2CCCO2)no1. The number of rotatable bonds is 8. The summed E-state index contributed by atoms with van der Waals surface area (Å²) in [5.41, 5.74) is 1.23. The summed E-state index contributed by atoms with van der Waals surface area (Å²) in [6, 6.07) is 8.99. The van der Waals surface area contributed by atoms with E-state index < -0.39 is 5.97 Å². The Bertz CT molecular complexity index is 786. The molecule has 1 atom stereocenters. The fraction of sp³-hybridized carbons (Fsp3) is 0.421. The van der Waals surface area contributed by atoms with Crippen LogP contribution in [0, 0.1) is 6.92 Å². The zero-order valence-electron chi connectivity index (χ0n) is 15.1. The minimum atomic E-state index is -0.526. The molecular formula is C19H22N2O5S. The number of aromatic nitrogens is 1. The van der Waals surface area contributed by atoms with Gasteiger partial charge in [0.25, 0.3) is 5.91 Å². The van der Waals surface area contributed by atoms with E-state index in [9.17, 15) is 9.59 Å². The quantitative estimate of drug-likeness (QED) is 0.547. The average molecular weight is 390 g/mol. The third kappa shape index (κ3) is 5.83. The van der Waals surface area contributed by atoms with Crippen molar-refractivity contribution in [2.75, 3.05) is 19.8 Å². The number of aryl methyl sites for hydroxylation is 1. The van der Waals surface area contributed by atoms with Gasteiger partial charge in [0, 0.05) is 29.9 Å². The number of carbonyl (C=O) groups is 2. The number of thioether (sulfide) groups is 1. The van der Waals surface area contributed by atoms with Gasteiger partial charge in [-0.25, -0.2) is 4.79 Å². The Kier molecular flexibility index (Phi) is 6.89. The first-order valence-corrected chi connectivity index (χ1v) is 9.80. The molecule has 27 heavy (non-hydrogen) atoms. The molecule has 1 N–H and O–H groups in total. The van der Waals surface area contributed by atoms with Crippen LogP contribution in [0.2, 0.25) is 0 Å². The molecule has 0 spiro atoms. The second kappa shape index (κ2) is 9.57. The van der Waals surface area contributed by atoms with Crippen molar-refractivity contribution in [3.63, 3.8) is 0 Å². The minimum Gasteiger partial charge on any atom is -0.452 e. The number of esters is 1. The molecule has 1 aliphatic heterocycles. The average Bonchev–Trinajstić information content (AvgIpc) is 3.34. The number of hydrogen-bond acceptors (Lipinski definition) is 7. The van der Waals surface area contributed by atoms with E-state index in [1.807, 2.05) is 25.1 Å². The van der Waals surface area contributed by atoms with Crippen LogP contribution in [-0.4, -0.2) is 42.9 Å². The van der Waals surface area contributed by atoms with Crippen molar-refractivity contribution in [2.24, 2.45) is 0 Å². The lowest BCUT2D eigenvalue weighted by atomic mass is 10.2. The molecule has 8 heteroatoms. The van der Waals surface area contributed by atoms with Gasteiger partial charge in [-0.05, 0) is 31.9 Å². The highest BCUT2D eigenvalue weighted by Gasteiger charge is 2.18. The summed E-state index contributed by atoms with van der Waals surface area (Å²) < 4.78 is 15.7. The Morgan fingerprint density at radius 1 is 1.37 bits per heavy atom. The summed E-state index contributed by atoms with van der Waals surface area (Å²) in [5.74, 6) is 0.458. The maximum Gasteiger partial charge on any atom is 0.339 e. The molecule has 2 heterocycles. The highest BCUT2D eigenvalue weighted by molar-refractivity contribution is 7.98. The van der Waals surface area contributed by atoms with Crippen LogP contribution in [0.25, 0.3) is 0 Å². The normalized spacial score (nSPS) is 16.3. The topological polar surface area (TPSA) is 90.7 Å². The minimum absolute atomic E-state index is 0.0574. The zero-order valence-corrected chi connectivity index (χ0v) is 15.9. The fourth-order valence-corrected chi connectivity index (χ4v) is 3.61. The third-order valence-electron chi connectivity index (χ3n) is 4.04. The van der Waals surface area contributed by atoms with E-state index in [4.69, 9.17) is 14.0 Å². The van der Waals surface area contributed by atoms with Gasteiger partial charge in [-0.3, -0.25) is 4.79 Å². The van der Waals surface area contributed by atoms with E-state index in [1.165, 1.54) is 11.8 Å². The molecule has 1 aromatic heterocycles.